The molecule has 1 saturated carbocycles. The van der Waals surface area contributed by atoms with Crippen LogP contribution in [0.2, 0.25) is 0 Å². The number of rotatable bonds is 4. The fraction of sp³-hybridized carbons (Fsp3) is 1.00. The van der Waals surface area contributed by atoms with Gasteiger partial charge in [-0.2, -0.15) is 0 Å². The monoisotopic (exact) mass is 210 g/mol. The molecule has 88 valence electrons. The Morgan fingerprint density at radius 3 is 2.40 bits per heavy atom. The van der Waals surface area contributed by atoms with Crippen molar-refractivity contribution in [1.29, 1.82) is 0 Å². The molecule has 1 atom stereocenters. The smallest absolute Gasteiger partial charge is 0.0201 e. The van der Waals surface area contributed by atoms with Gasteiger partial charge >= 0.3 is 0 Å². The third-order valence-electron chi connectivity index (χ3n) is 3.78. The van der Waals surface area contributed by atoms with Crippen molar-refractivity contribution in [1.82, 2.24) is 10.2 Å². The maximum Gasteiger partial charge on any atom is 0.0201 e. The van der Waals surface area contributed by atoms with Gasteiger partial charge in [-0.1, -0.05) is 13.8 Å². The van der Waals surface area contributed by atoms with E-state index in [2.05, 4.69) is 37.9 Å². The topological polar surface area (TPSA) is 15.3 Å². The molecule has 1 N–H and O–H groups in total. The minimum absolute atomic E-state index is 0.511. The van der Waals surface area contributed by atoms with E-state index in [0.29, 0.717) is 11.5 Å². The third-order valence-corrected chi connectivity index (χ3v) is 3.78. The number of nitrogens with one attached hydrogen (secondary N) is 1. The molecule has 1 aliphatic heterocycles. The van der Waals surface area contributed by atoms with Crippen LogP contribution in [0.4, 0.5) is 0 Å². The Kier molecular flexibility index (Phi) is 3.09. The summed E-state index contributed by atoms with van der Waals surface area (Å²) in [6, 6.07) is 2.33. The zero-order valence-corrected chi connectivity index (χ0v) is 10.7. The van der Waals surface area contributed by atoms with Crippen molar-refractivity contribution in [2.24, 2.45) is 5.41 Å². The maximum atomic E-state index is 3.67. The second kappa shape index (κ2) is 4.06. The van der Waals surface area contributed by atoms with Crippen molar-refractivity contribution < 1.29 is 0 Å². The largest absolute Gasteiger partial charge is 0.312 e. The van der Waals surface area contributed by atoms with Crippen LogP contribution in [-0.4, -0.2) is 36.1 Å². The highest BCUT2D eigenvalue weighted by atomic mass is 15.2. The Bertz CT molecular complexity index is 217. The molecule has 1 aliphatic carbocycles. The quantitative estimate of drug-likeness (QED) is 0.765. The van der Waals surface area contributed by atoms with Gasteiger partial charge in [0, 0.05) is 31.2 Å². The van der Waals surface area contributed by atoms with Crippen LogP contribution in [0.3, 0.4) is 0 Å². The van der Waals surface area contributed by atoms with E-state index in [0.717, 1.165) is 12.1 Å². The van der Waals surface area contributed by atoms with E-state index < -0.39 is 0 Å². The Morgan fingerprint density at radius 2 is 2.00 bits per heavy atom. The molecule has 2 fully saturated rings. The molecule has 2 heteroatoms. The van der Waals surface area contributed by atoms with Gasteiger partial charge in [-0.25, -0.2) is 0 Å². The first-order valence-electron chi connectivity index (χ1n) is 6.47. The van der Waals surface area contributed by atoms with Gasteiger partial charge in [0.15, 0.2) is 0 Å². The molecule has 2 rings (SSSR count). The van der Waals surface area contributed by atoms with Crippen molar-refractivity contribution in [3.8, 4) is 0 Å². The molecule has 15 heavy (non-hydrogen) atoms. The summed E-state index contributed by atoms with van der Waals surface area (Å²) in [6.45, 7) is 11.9. The molecule has 1 heterocycles. The second-order valence-corrected chi connectivity index (χ2v) is 6.47. The van der Waals surface area contributed by atoms with Gasteiger partial charge in [0.1, 0.15) is 0 Å². The van der Waals surface area contributed by atoms with E-state index in [-0.39, 0.29) is 0 Å². The van der Waals surface area contributed by atoms with Crippen LogP contribution in [-0.2, 0) is 0 Å². The summed E-state index contributed by atoms with van der Waals surface area (Å²) in [5.41, 5.74) is 0.511. The summed E-state index contributed by atoms with van der Waals surface area (Å²) in [4.78, 5) is 2.69. The van der Waals surface area contributed by atoms with Crippen LogP contribution < -0.4 is 5.32 Å². The van der Waals surface area contributed by atoms with E-state index >= 15 is 0 Å². The molecule has 1 saturated heterocycles. The fourth-order valence-electron chi connectivity index (χ4n) is 2.80. The van der Waals surface area contributed by atoms with Gasteiger partial charge in [0.25, 0.3) is 0 Å². The predicted molar refractivity (Wildman–Crippen MR) is 65.1 cm³/mol. The summed E-state index contributed by atoms with van der Waals surface area (Å²) in [5, 5.41) is 3.67. The molecule has 0 radical (unpaired) electrons. The van der Waals surface area contributed by atoms with Gasteiger partial charge in [0.05, 0.1) is 0 Å². The van der Waals surface area contributed by atoms with E-state index in [1.54, 1.807) is 0 Å². The van der Waals surface area contributed by atoms with E-state index in [4.69, 9.17) is 0 Å². The summed E-state index contributed by atoms with van der Waals surface area (Å²) in [7, 11) is 0. The van der Waals surface area contributed by atoms with Crippen molar-refractivity contribution >= 4 is 0 Å². The van der Waals surface area contributed by atoms with Crippen LogP contribution in [0, 0.1) is 5.41 Å². The highest BCUT2D eigenvalue weighted by Gasteiger charge is 2.36. The summed E-state index contributed by atoms with van der Waals surface area (Å²) in [5.74, 6) is 0. The van der Waals surface area contributed by atoms with Crippen molar-refractivity contribution in [2.45, 2.75) is 65.1 Å². The molecule has 0 aromatic heterocycles. The van der Waals surface area contributed by atoms with Crippen LogP contribution in [0.1, 0.15) is 47.0 Å². The van der Waals surface area contributed by atoms with Crippen LogP contribution >= 0.6 is 0 Å². The molecule has 0 amide bonds. The predicted octanol–water partition coefficient (Wildman–Crippen LogP) is 2.25. The van der Waals surface area contributed by atoms with Gasteiger partial charge in [-0.3, -0.25) is 4.90 Å². The van der Waals surface area contributed by atoms with E-state index in [1.165, 1.54) is 32.4 Å². The number of hydrogen-bond acceptors (Lipinski definition) is 2. The van der Waals surface area contributed by atoms with Crippen molar-refractivity contribution in [3.63, 3.8) is 0 Å². The molecule has 0 aromatic rings. The lowest BCUT2D eigenvalue weighted by atomic mass is 9.90. The first-order valence-corrected chi connectivity index (χ1v) is 6.47. The highest BCUT2D eigenvalue weighted by molar-refractivity contribution is 4.93. The molecule has 0 spiro atoms. The zero-order chi connectivity index (χ0) is 11.1. The number of nitrogens with zero attached hydrogens (tertiary/aromatic N) is 1. The van der Waals surface area contributed by atoms with Crippen molar-refractivity contribution in [3.05, 3.63) is 0 Å². The van der Waals surface area contributed by atoms with Gasteiger partial charge in [-0.05, 0) is 38.5 Å². The molecule has 0 bridgehead atoms. The van der Waals surface area contributed by atoms with Crippen LogP contribution in [0.15, 0.2) is 0 Å². The SMILES string of the molecule is CC(C)N(CC1CC(C)(C)CN1)C1CC1. The first-order chi connectivity index (χ1) is 6.98. The fourth-order valence-corrected chi connectivity index (χ4v) is 2.80. The molecule has 0 aromatic carbocycles. The van der Waals surface area contributed by atoms with Crippen LogP contribution in [0.5, 0.6) is 0 Å². The Balaban J connectivity index is 1.85. The second-order valence-electron chi connectivity index (χ2n) is 6.47. The average Bonchev–Trinajstić information content (AvgIpc) is 2.88. The summed E-state index contributed by atoms with van der Waals surface area (Å²) >= 11 is 0. The van der Waals surface area contributed by atoms with Gasteiger partial charge in [0.2, 0.25) is 0 Å². The van der Waals surface area contributed by atoms with Gasteiger partial charge < -0.3 is 5.32 Å². The third kappa shape index (κ3) is 2.94. The zero-order valence-electron chi connectivity index (χ0n) is 10.7. The van der Waals surface area contributed by atoms with E-state index in [9.17, 15) is 0 Å². The average molecular weight is 210 g/mol. The Labute approximate surface area is 94.4 Å². The lowest BCUT2D eigenvalue weighted by Crippen LogP contribution is -2.42. The Morgan fingerprint density at radius 1 is 1.33 bits per heavy atom. The number of hydrogen-bond donors (Lipinski definition) is 1. The van der Waals surface area contributed by atoms with Crippen LogP contribution in [0.25, 0.3) is 0 Å². The lowest BCUT2D eigenvalue weighted by molar-refractivity contribution is 0.189. The summed E-state index contributed by atoms with van der Waals surface area (Å²) < 4.78 is 0. The highest BCUT2D eigenvalue weighted by Crippen LogP contribution is 2.32. The first kappa shape index (κ1) is 11.4. The molecule has 1 unspecified atom stereocenters. The molecule has 2 aliphatic rings. The minimum atomic E-state index is 0.511. The molecular weight excluding hydrogens is 184 g/mol. The maximum absolute atomic E-state index is 3.67. The van der Waals surface area contributed by atoms with Gasteiger partial charge in [-0.15, -0.1) is 0 Å². The molecule has 2 nitrogen and oxygen atoms in total. The van der Waals surface area contributed by atoms with E-state index in [1.807, 2.05) is 0 Å². The van der Waals surface area contributed by atoms with Crippen molar-refractivity contribution in [2.75, 3.05) is 13.1 Å². The standard InChI is InChI=1S/C13H26N2/c1-10(2)15(12-5-6-12)8-11-7-13(3,4)9-14-11/h10-12,14H,5-9H2,1-4H3. The Hall–Kier alpha value is -0.0800. The molecular formula is C13H26N2. The normalized spacial score (nSPS) is 30.4. The minimum Gasteiger partial charge on any atom is -0.312 e. The summed E-state index contributed by atoms with van der Waals surface area (Å²) in [6.07, 6.45) is 4.19. The lowest BCUT2D eigenvalue weighted by Gasteiger charge is -2.29.